The topological polar surface area (TPSA) is 39.1 Å². The van der Waals surface area contributed by atoms with Gasteiger partial charge in [-0.3, -0.25) is 0 Å². The van der Waals surface area contributed by atoms with Crippen LogP contribution in [-0.4, -0.2) is 34.8 Å². The second-order valence-electron chi connectivity index (χ2n) is 5.31. The van der Waals surface area contributed by atoms with Crippen LogP contribution in [0.15, 0.2) is 12.4 Å². The summed E-state index contributed by atoms with van der Waals surface area (Å²) in [5, 5.41) is 3.58. The lowest BCUT2D eigenvalue weighted by atomic mass is 9.94. The van der Waals surface area contributed by atoms with Gasteiger partial charge in [-0.25, -0.2) is 4.98 Å². The fourth-order valence-electron chi connectivity index (χ4n) is 2.07. The first-order valence-electron chi connectivity index (χ1n) is 6.76. The molecule has 1 heterocycles. The van der Waals surface area contributed by atoms with Crippen LogP contribution >= 0.6 is 0 Å². The van der Waals surface area contributed by atoms with Crippen molar-refractivity contribution in [3.8, 4) is 0 Å². The summed E-state index contributed by atoms with van der Waals surface area (Å²) in [5.41, 5.74) is -0.152. The van der Waals surface area contributed by atoms with Crippen LogP contribution in [0.4, 0.5) is 0 Å². The molecule has 0 aliphatic rings. The molecule has 0 aliphatic heterocycles. The zero-order chi connectivity index (χ0) is 13.6. The maximum atomic E-state index is 5.61. The van der Waals surface area contributed by atoms with Gasteiger partial charge in [0.15, 0.2) is 0 Å². The molecular weight excluding hydrogens is 226 g/mol. The predicted molar refractivity (Wildman–Crippen MR) is 74.7 cm³/mol. The summed E-state index contributed by atoms with van der Waals surface area (Å²) >= 11 is 0. The van der Waals surface area contributed by atoms with Crippen molar-refractivity contribution in [1.29, 1.82) is 0 Å². The number of aryl methyl sites for hydroxylation is 2. The minimum absolute atomic E-state index is 0.152. The second kappa shape index (κ2) is 6.90. The van der Waals surface area contributed by atoms with E-state index in [-0.39, 0.29) is 5.60 Å². The third-order valence-corrected chi connectivity index (χ3v) is 3.58. The number of methoxy groups -OCH3 is 1. The molecule has 0 radical (unpaired) electrons. The van der Waals surface area contributed by atoms with Crippen LogP contribution in [0.2, 0.25) is 0 Å². The number of nitrogens with one attached hydrogen (secondary N) is 1. The van der Waals surface area contributed by atoms with E-state index in [9.17, 15) is 0 Å². The molecule has 4 heteroatoms. The summed E-state index contributed by atoms with van der Waals surface area (Å²) in [4.78, 5) is 4.37. The summed E-state index contributed by atoms with van der Waals surface area (Å²) in [6, 6.07) is 0.346. The highest BCUT2D eigenvalue weighted by atomic mass is 16.5. The summed E-state index contributed by atoms with van der Waals surface area (Å²) in [6.45, 7) is 7.48. The zero-order valence-corrected chi connectivity index (χ0v) is 12.4. The van der Waals surface area contributed by atoms with Gasteiger partial charge >= 0.3 is 0 Å². The number of rotatable bonds is 8. The Morgan fingerprint density at radius 2 is 2.22 bits per heavy atom. The number of aromatic nitrogens is 2. The number of ether oxygens (including phenoxy) is 1. The third kappa shape index (κ3) is 4.10. The zero-order valence-electron chi connectivity index (χ0n) is 12.4. The third-order valence-electron chi connectivity index (χ3n) is 3.58. The minimum Gasteiger partial charge on any atom is -0.377 e. The van der Waals surface area contributed by atoms with Gasteiger partial charge in [0, 0.05) is 39.0 Å². The Hall–Kier alpha value is -0.870. The van der Waals surface area contributed by atoms with Crippen LogP contribution in [0, 0.1) is 0 Å². The smallest absolute Gasteiger partial charge is 0.108 e. The molecule has 0 fully saturated rings. The molecule has 1 aromatic heterocycles. The summed E-state index contributed by atoms with van der Waals surface area (Å²) in [7, 11) is 3.82. The van der Waals surface area contributed by atoms with Crippen molar-refractivity contribution in [1.82, 2.24) is 14.9 Å². The molecule has 1 atom stereocenters. The van der Waals surface area contributed by atoms with Crippen molar-refractivity contribution in [2.45, 2.75) is 51.7 Å². The number of imidazole rings is 1. The average Bonchev–Trinajstić information content (AvgIpc) is 2.75. The summed E-state index contributed by atoms with van der Waals surface area (Å²) < 4.78 is 7.69. The van der Waals surface area contributed by atoms with Gasteiger partial charge in [0.1, 0.15) is 5.82 Å². The number of nitrogens with zero attached hydrogens (tertiary/aromatic N) is 2. The van der Waals surface area contributed by atoms with E-state index in [2.05, 4.69) is 35.6 Å². The predicted octanol–water partition coefficient (Wildman–Crippen LogP) is 2.15. The molecule has 0 saturated carbocycles. The van der Waals surface area contributed by atoms with Gasteiger partial charge in [0.2, 0.25) is 0 Å². The quantitative estimate of drug-likeness (QED) is 0.771. The molecule has 1 N–H and O–H groups in total. The standard InChI is InChI=1S/C14H27N3O/c1-6-9-15-12(14(2,3)18-5)7-8-13-16-10-11-17(13)4/h10-12,15H,6-9H2,1-5H3. The Balaban J connectivity index is 2.58. The van der Waals surface area contributed by atoms with Crippen molar-refractivity contribution in [2.75, 3.05) is 13.7 Å². The van der Waals surface area contributed by atoms with E-state index in [1.165, 1.54) is 0 Å². The SMILES string of the molecule is CCCNC(CCc1nccn1C)C(C)(C)OC. The molecule has 0 saturated heterocycles. The van der Waals surface area contributed by atoms with Crippen LogP contribution in [-0.2, 0) is 18.2 Å². The van der Waals surface area contributed by atoms with Crippen LogP contribution in [0.1, 0.15) is 39.4 Å². The number of hydrogen-bond acceptors (Lipinski definition) is 3. The van der Waals surface area contributed by atoms with E-state index in [1.54, 1.807) is 7.11 Å². The Bertz CT molecular complexity index is 347. The van der Waals surface area contributed by atoms with Crippen molar-refractivity contribution in [3.05, 3.63) is 18.2 Å². The highest BCUT2D eigenvalue weighted by Crippen LogP contribution is 2.18. The highest BCUT2D eigenvalue weighted by Gasteiger charge is 2.28. The molecule has 18 heavy (non-hydrogen) atoms. The minimum atomic E-state index is -0.152. The molecule has 4 nitrogen and oxygen atoms in total. The molecule has 1 rings (SSSR count). The van der Waals surface area contributed by atoms with Gasteiger partial charge in [-0.15, -0.1) is 0 Å². The second-order valence-corrected chi connectivity index (χ2v) is 5.31. The van der Waals surface area contributed by atoms with Crippen LogP contribution in [0.3, 0.4) is 0 Å². The molecule has 0 amide bonds. The Kier molecular flexibility index (Phi) is 5.82. The van der Waals surface area contributed by atoms with Crippen LogP contribution < -0.4 is 5.32 Å². The lowest BCUT2D eigenvalue weighted by Gasteiger charge is -2.34. The first kappa shape index (κ1) is 15.2. The first-order chi connectivity index (χ1) is 8.51. The monoisotopic (exact) mass is 253 g/mol. The lowest BCUT2D eigenvalue weighted by molar-refractivity contribution is -0.0125. The molecular formula is C14H27N3O. The normalized spacial score (nSPS) is 13.8. The fraction of sp³-hybridized carbons (Fsp3) is 0.786. The maximum Gasteiger partial charge on any atom is 0.108 e. The first-order valence-corrected chi connectivity index (χ1v) is 6.76. The van der Waals surface area contributed by atoms with Gasteiger partial charge in [-0.05, 0) is 33.2 Å². The van der Waals surface area contributed by atoms with Crippen molar-refractivity contribution >= 4 is 0 Å². The van der Waals surface area contributed by atoms with Crippen molar-refractivity contribution < 1.29 is 4.74 Å². The lowest BCUT2D eigenvalue weighted by Crippen LogP contribution is -2.48. The average molecular weight is 253 g/mol. The van der Waals surface area contributed by atoms with Gasteiger partial charge in [0.25, 0.3) is 0 Å². The van der Waals surface area contributed by atoms with Crippen molar-refractivity contribution in [2.24, 2.45) is 7.05 Å². The highest BCUT2D eigenvalue weighted by molar-refractivity contribution is 4.94. The van der Waals surface area contributed by atoms with Crippen LogP contribution in [0.5, 0.6) is 0 Å². The van der Waals surface area contributed by atoms with E-state index in [1.807, 2.05) is 19.4 Å². The Morgan fingerprint density at radius 3 is 2.72 bits per heavy atom. The molecule has 0 aliphatic carbocycles. The van der Waals surface area contributed by atoms with E-state index in [0.29, 0.717) is 6.04 Å². The molecule has 0 bridgehead atoms. The Labute approximate surface area is 111 Å². The van der Waals surface area contributed by atoms with E-state index in [4.69, 9.17) is 4.74 Å². The molecule has 0 aromatic carbocycles. The summed E-state index contributed by atoms with van der Waals surface area (Å²) in [5.74, 6) is 1.13. The van der Waals surface area contributed by atoms with E-state index >= 15 is 0 Å². The van der Waals surface area contributed by atoms with Crippen molar-refractivity contribution in [3.63, 3.8) is 0 Å². The van der Waals surface area contributed by atoms with Crippen LogP contribution in [0.25, 0.3) is 0 Å². The molecule has 104 valence electrons. The van der Waals surface area contributed by atoms with Gasteiger partial charge in [-0.2, -0.15) is 0 Å². The number of hydrogen-bond donors (Lipinski definition) is 1. The van der Waals surface area contributed by atoms with E-state index < -0.39 is 0 Å². The molecule has 0 spiro atoms. The van der Waals surface area contributed by atoms with Gasteiger partial charge in [-0.1, -0.05) is 6.92 Å². The molecule has 1 aromatic rings. The fourth-order valence-corrected chi connectivity index (χ4v) is 2.07. The van der Waals surface area contributed by atoms with Gasteiger partial charge in [0.05, 0.1) is 5.60 Å². The largest absolute Gasteiger partial charge is 0.377 e. The Morgan fingerprint density at radius 1 is 1.50 bits per heavy atom. The van der Waals surface area contributed by atoms with Gasteiger partial charge < -0.3 is 14.6 Å². The molecule has 1 unspecified atom stereocenters. The summed E-state index contributed by atoms with van der Waals surface area (Å²) in [6.07, 6.45) is 6.98. The van der Waals surface area contributed by atoms with E-state index in [0.717, 1.165) is 31.6 Å². The maximum absolute atomic E-state index is 5.61.